The minimum atomic E-state index is 0.580. The lowest BCUT2D eigenvalue weighted by molar-refractivity contribution is 0.378. The number of rotatable bonds is 3. The van der Waals surface area contributed by atoms with Crippen LogP contribution in [0.4, 0.5) is 5.69 Å². The van der Waals surface area contributed by atoms with Crippen LogP contribution in [0.3, 0.4) is 0 Å². The molecule has 0 saturated carbocycles. The molecule has 1 heterocycles. The maximum atomic E-state index is 5.64. The fraction of sp³-hybridized carbons (Fsp3) is 0.0909. The first-order valence-corrected chi connectivity index (χ1v) is 4.67. The van der Waals surface area contributed by atoms with Crippen molar-refractivity contribution in [1.29, 1.82) is 0 Å². The van der Waals surface area contributed by atoms with E-state index >= 15 is 0 Å². The van der Waals surface area contributed by atoms with E-state index in [-0.39, 0.29) is 0 Å². The Kier molecular flexibility index (Phi) is 2.86. The second kappa shape index (κ2) is 4.48. The largest absolute Gasteiger partial charge is 0.493 e. The van der Waals surface area contributed by atoms with E-state index in [0.717, 1.165) is 0 Å². The molecule has 0 unspecified atom stereocenters. The Morgan fingerprint density at radius 3 is 2.69 bits per heavy atom. The van der Waals surface area contributed by atoms with Crippen molar-refractivity contribution < 1.29 is 9.47 Å². The zero-order valence-corrected chi connectivity index (χ0v) is 8.75. The third-order valence-corrected chi connectivity index (χ3v) is 1.97. The molecular formula is C11H11N3O2. The highest BCUT2D eigenvalue weighted by molar-refractivity contribution is 5.52. The predicted molar refractivity (Wildman–Crippen MR) is 59.5 cm³/mol. The average Bonchev–Trinajstić information content (AvgIpc) is 2.33. The van der Waals surface area contributed by atoms with Gasteiger partial charge in [0.25, 0.3) is 0 Å². The molecule has 2 rings (SSSR count). The van der Waals surface area contributed by atoms with Crippen molar-refractivity contribution in [2.75, 3.05) is 12.8 Å². The predicted octanol–water partition coefficient (Wildman–Crippen LogP) is 1.86. The van der Waals surface area contributed by atoms with Gasteiger partial charge >= 0.3 is 0 Å². The van der Waals surface area contributed by atoms with Crippen molar-refractivity contribution in [3.8, 4) is 17.2 Å². The molecule has 0 bridgehead atoms. The molecule has 0 saturated heterocycles. The summed E-state index contributed by atoms with van der Waals surface area (Å²) >= 11 is 0. The topological polar surface area (TPSA) is 70.3 Å². The summed E-state index contributed by atoms with van der Waals surface area (Å²) in [6, 6.07) is 6.90. The molecule has 0 aliphatic carbocycles. The summed E-state index contributed by atoms with van der Waals surface area (Å²) in [4.78, 5) is 0. The summed E-state index contributed by atoms with van der Waals surface area (Å²) in [5, 5.41) is 7.38. The number of aromatic nitrogens is 2. The van der Waals surface area contributed by atoms with Crippen LogP contribution in [0.25, 0.3) is 0 Å². The van der Waals surface area contributed by atoms with Crippen molar-refractivity contribution in [3.05, 3.63) is 36.7 Å². The summed E-state index contributed by atoms with van der Waals surface area (Å²) in [5.41, 5.74) is 6.26. The Bertz CT molecular complexity index is 474. The fourth-order valence-corrected chi connectivity index (χ4v) is 1.23. The molecule has 5 nitrogen and oxygen atoms in total. The van der Waals surface area contributed by atoms with Gasteiger partial charge in [0.2, 0.25) is 0 Å². The SMILES string of the molecule is COc1cc(N)ccc1Oc1ccnnc1. The number of methoxy groups -OCH3 is 1. The Morgan fingerprint density at radius 2 is 2.00 bits per heavy atom. The fourth-order valence-electron chi connectivity index (χ4n) is 1.23. The van der Waals surface area contributed by atoms with Gasteiger partial charge in [0, 0.05) is 17.8 Å². The van der Waals surface area contributed by atoms with E-state index in [4.69, 9.17) is 15.2 Å². The molecule has 2 aromatic rings. The van der Waals surface area contributed by atoms with E-state index in [2.05, 4.69) is 10.2 Å². The lowest BCUT2D eigenvalue weighted by Gasteiger charge is -2.09. The summed E-state index contributed by atoms with van der Waals surface area (Å²) in [7, 11) is 1.56. The van der Waals surface area contributed by atoms with E-state index in [1.165, 1.54) is 6.20 Å². The van der Waals surface area contributed by atoms with Gasteiger partial charge in [-0.15, -0.1) is 0 Å². The summed E-state index contributed by atoms with van der Waals surface area (Å²) in [6.45, 7) is 0. The van der Waals surface area contributed by atoms with Crippen LogP contribution in [-0.4, -0.2) is 17.3 Å². The van der Waals surface area contributed by atoms with Crippen LogP contribution in [0, 0.1) is 0 Å². The molecule has 0 aliphatic rings. The molecular weight excluding hydrogens is 206 g/mol. The van der Waals surface area contributed by atoms with Crippen molar-refractivity contribution in [3.63, 3.8) is 0 Å². The second-order valence-electron chi connectivity index (χ2n) is 3.09. The summed E-state index contributed by atoms with van der Waals surface area (Å²) < 4.78 is 10.7. The maximum absolute atomic E-state index is 5.64. The first kappa shape index (κ1) is 10.2. The molecule has 82 valence electrons. The van der Waals surface area contributed by atoms with Crippen LogP contribution < -0.4 is 15.2 Å². The van der Waals surface area contributed by atoms with E-state index in [0.29, 0.717) is 22.9 Å². The van der Waals surface area contributed by atoms with E-state index in [9.17, 15) is 0 Å². The van der Waals surface area contributed by atoms with Crippen LogP contribution in [0.1, 0.15) is 0 Å². The van der Waals surface area contributed by atoms with Crippen LogP contribution in [0.5, 0.6) is 17.2 Å². The first-order chi connectivity index (χ1) is 7.79. The van der Waals surface area contributed by atoms with Gasteiger partial charge < -0.3 is 15.2 Å². The van der Waals surface area contributed by atoms with E-state index < -0.39 is 0 Å². The molecule has 0 radical (unpaired) electrons. The Labute approximate surface area is 92.8 Å². The van der Waals surface area contributed by atoms with Crippen molar-refractivity contribution in [2.45, 2.75) is 0 Å². The molecule has 0 fully saturated rings. The zero-order valence-electron chi connectivity index (χ0n) is 8.75. The smallest absolute Gasteiger partial charge is 0.169 e. The molecule has 0 atom stereocenters. The molecule has 5 heteroatoms. The van der Waals surface area contributed by atoms with Crippen molar-refractivity contribution >= 4 is 5.69 Å². The first-order valence-electron chi connectivity index (χ1n) is 4.67. The molecule has 2 N–H and O–H groups in total. The number of nitrogens with two attached hydrogens (primary N) is 1. The third kappa shape index (κ3) is 2.20. The Hall–Kier alpha value is -2.30. The van der Waals surface area contributed by atoms with Gasteiger partial charge in [0.15, 0.2) is 11.5 Å². The summed E-state index contributed by atoms with van der Waals surface area (Å²) in [6.07, 6.45) is 3.08. The number of nitrogen functional groups attached to an aromatic ring is 1. The van der Waals surface area contributed by atoms with Gasteiger partial charge in [-0.2, -0.15) is 10.2 Å². The molecule has 1 aromatic heterocycles. The highest BCUT2D eigenvalue weighted by Crippen LogP contribution is 2.32. The molecule has 16 heavy (non-hydrogen) atoms. The van der Waals surface area contributed by atoms with Gasteiger partial charge in [0.1, 0.15) is 5.75 Å². The lowest BCUT2D eigenvalue weighted by atomic mass is 10.3. The van der Waals surface area contributed by atoms with Gasteiger partial charge in [-0.25, -0.2) is 0 Å². The molecule has 0 spiro atoms. The number of nitrogens with zero attached hydrogens (tertiary/aromatic N) is 2. The number of anilines is 1. The standard InChI is InChI=1S/C11H11N3O2/c1-15-11-6-8(12)2-3-10(11)16-9-4-5-13-14-7-9/h2-7H,12H2,1H3. The molecule has 0 amide bonds. The molecule has 1 aromatic carbocycles. The van der Waals surface area contributed by atoms with Crippen molar-refractivity contribution in [2.24, 2.45) is 0 Å². The number of benzene rings is 1. The van der Waals surface area contributed by atoms with Crippen LogP contribution in [0.2, 0.25) is 0 Å². The highest BCUT2D eigenvalue weighted by atomic mass is 16.5. The van der Waals surface area contributed by atoms with Crippen LogP contribution in [-0.2, 0) is 0 Å². The normalized spacial score (nSPS) is 9.81. The highest BCUT2D eigenvalue weighted by Gasteiger charge is 2.05. The van der Waals surface area contributed by atoms with E-state index in [1.807, 2.05) is 0 Å². The number of hydrogen-bond donors (Lipinski definition) is 1. The number of ether oxygens (including phenoxy) is 2. The molecule has 0 aliphatic heterocycles. The average molecular weight is 217 g/mol. The summed E-state index contributed by atoms with van der Waals surface area (Å²) in [5.74, 6) is 1.76. The third-order valence-electron chi connectivity index (χ3n) is 1.97. The zero-order chi connectivity index (χ0) is 11.4. The quantitative estimate of drug-likeness (QED) is 0.794. The minimum Gasteiger partial charge on any atom is -0.493 e. The van der Waals surface area contributed by atoms with Gasteiger partial charge in [-0.3, -0.25) is 0 Å². The second-order valence-corrected chi connectivity index (χ2v) is 3.09. The van der Waals surface area contributed by atoms with Gasteiger partial charge in [-0.1, -0.05) is 0 Å². The number of hydrogen-bond acceptors (Lipinski definition) is 5. The Balaban J connectivity index is 2.28. The minimum absolute atomic E-state index is 0.580. The van der Waals surface area contributed by atoms with Crippen LogP contribution in [0.15, 0.2) is 36.7 Å². The maximum Gasteiger partial charge on any atom is 0.169 e. The lowest BCUT2D eigenvalue weighted by Crippen LogP contribution is -1.93. The van der Waals surface area contributed by atoms with E-state index in [1.54, 1.807) is 37.6 Å². The van der Waals surface area contributed by atoms with Gasteiger partial charge in [0.05, 0.1) is 19.5 Å². The van der Waals surface area contributed by atoms with Crippen molar-refractivity contribution in [1.82, 2.24) is 10.2 Å². The van der Waals surface area contributed by atoms with Gasteiger partial charge in [-0.05, 0) is 12.1 Å². The monoisotopic (exact) mass is 217 g/mol. The van der Waals surface area contributed by atoms with Crippen LogP contribution >= 0.6 is 0 Å². The Morgan fingerprint density at radius 1 is 1.12 bits per heavy atom.